The lowest BCUT2D eigenvalue weighted by Gasteiger charge is -2.35. The van der Waals surface area contributed by atoms with Crippen molar-refractivity contribution in [3.8, 4) is 0 Å². The summed E-state index contributed by atoms with van der Waals surface area (Å²) >= 11 is 7.61. The van der Waals surface area contributed by atoms with Gasteiger partial charge in [-0.1, -0.05) is 25.4 Å². The number of methoxy groups -OCH3 is 1. The molecular formula is C12H20ClNOS. The maximum absolute atomic E-state index is 5.99. The minimum Gasteiger partial charge on any atom is -0.377 e. The van der Waals surface area contributed by atoms with Gasteiger partial charge in [-0.3, -0.25) is 0 Å². The van der Waals surface area contributed by atoms with Gasteiger partial charge in [-0.05, 0) is 32.0 Å². The van der Waals surface area contributed by atoms with Crippen LogP contribution in [0.5, 0.6) is 0 Å². The number of ether oxygens (including phenoxy) is 1. The molecule has 92 valence electrons. The predicted molar refractivity (Wildman–Crippen MR) is 71.5 cm³/mol. The number of likely N-dealkylation sites (N-methyl/N-ethyl adjacent to an activating group) is 1. The van der Waals surface area contributed by atoms with Crippen LogP contribution in [-0.2, 0) is 4.74 Å². The lowest BCUT2D eigenvalue weighted by atomic mass is 9.92. The molecule has 0 aliphatic carbocycles. The van der Waals surface area contributed by atoms with Gasteiger partial charge in [-0.25, -0.2) is 0 Å². The van der Waals surface area contributed by atoms with Crippen molar-refractivity contribution < 1.29 is 4.74 Å². The number of halogens is 1. The van der Waals surface area contributed by atoms with E-state index < -0.39 is 0 Å². The summed E-state index contributed by atoms with van der Waals surface area (Å²) in [7, 11) is 1.77. The first-order valence-corrected chi connectivity index (χ1v) is 6.80. The zero-order chi connectivity index (χ0) is 12.2. The number of rotatable bonds is 6. The van der Waals surface area contributed by atoms with Crippen LogP contribution in [0.1, 0.15) is 38.1 Å². The van der Waals surface area contributed by atoms with Crippen LogP contribution in [-0.4, -0.2) is 19.3 Å². The first kappa shape index (κ1) is 14.0. The Morgan fingerprint density at radius 3 is 2.56 bits per heavy atom. The van der Waals surface area contributed by atoms with Crippen LogP contribution < -0.4 is 5.32 Å². The van der Waals surface area contributed by atoms with E-state index in [1.807, 2.05) is 6.07 Å². The molecule has 16 heavy (non-hydrogen) atoms. The van der Waals surface area contributed by atoms with Crippen LogP contribution in [0.2, 0.25) is 4.34 Å². The van der Waals surface area contributed by atoms with Crippen molar-refractivity contribution in [3.05, 3.63) is 21.3 Å². The van der Waals surface area contributed by atoms with Crippen molar-refractivity contribution >= 4 is 22.9 Å². The highest BCUT2D eigenvalue weighted by Crippen LogP contribution is 2.36. The largest absolute Gasteiger partial charge is 0.377 e. The Morgan fingerprint density at radius 1 is 1.50 bits per heavy atom. The van der Waals surface area contributed by atoms with Crippen molar-refractivity contribution in [1.29, 1.82) is 0 Å². The molecule has 2 unspecified atom stereocenters. The van der Waals surface area contributed by atoms with E-state index in [4.69, 9.17) is 16.3 Å². The van der Waals surface area contributed by atoms with Crippen molar-refractivity contribution in [2.75, 3.05) is 13.7 Å². The van der Waals surface area contributed by atoms with Gasteiger partial charge in [0.25, 0.3) is 0 Å². The number of hydrogen-bond acceptors (Lipinski definition) is 3. The van der Waals surface area contributed by atoms with E-state index >= 15 is 0 Å². The summed E-state index contributed by atoms with van der Waals surface area (Å²) in [5, 5.41) is 3.48. The lowest BCUT2D eigenvalue weighted by molar-refractivity contribution is -0.0286. The Hall–Kier alpha value is -0.0900. The van der Waals surface area contributed by atoms with Gasteiger partial charge in [0, 0.05) is 12.0 Å². The third-order valence-corrected chi connectivity index (χ3v) is 4.36. The number of hydrogen-bond donors (Lipinski definition) is 1. The summed E-state index contributed by atoms with van der Waals surface area (Å²) in [5.74, 6) is 0. The molecule has 1 N–H and O–H groups in total. The van der Waals surface area contributed by atoms with Gasteiger partial charge in [0.1, 0.15) is 0 Å². The van der Waals surface area contributed by atoms with Crippen LogP contribution >= 0.6 is 22.9 Å². The van der Waals surface area contributed by atoms with Gasteiger partial charge in [-0.2, -0.15) is 0 Å². The van der Waals surface area contributed by atoms with E-state index in [1.165, 1.54) is 4.88 Å². The molecule has 0 saturated carbocycles. The summed E-state index contributed by atoms with van der Waals surface area (Å²) in [5.41, 5.74) is -0.190. The molecule has 1 aromatic rings. The van der Waals surface area contributed by atoms with E-state index in [-0.39, 0.29) is 11.6 Å². The van der Waals surface area contributed by atoms with Crippen LogP contribution in [0.3, 0.4) is 0 Å². The Balaban J connectivity index is 2.98. The molecule has 0 saturated heterocycles. The average Bonchev–Trinajstić information content (AvgIpc) is 2.71. The van der Waals surface area contributed by atoms with E-state index in [0.717, 1.165) is 17.3 Å². The summed E-state index contributed by atoms with van der Waals surface area (Å²) in [6.07, 6.45) is 0.955. The molecule has 2 atom stereocenters. The van der Waals surface area contributed by atoms with Gasteiger partial charge in [-0.15, -0.1) is 11.3 Å². The molecule has 0 amide bonds. The fourth-order valence-corrected chi connectivity index (χ4v) is 3.05. The zero-order valence-electron chi connectivity index (χ0n) is 10.3. The highest BCUT2D eigenvalue weighted by Gasteiger charge is 2.34. The normalized spacial score (nSPS) is 17.1. The van der Waals surface area contributed by atoms with Crippen LogP contribution in [0.15, 0.2) is 12.1 Å². The van der Waals surface area contributed by atoms with Gasteiger partial charge in [0.15, 0.2) is 0 Å². The molecule has 0 fully saturated rings. The first-order valence-electron chi connectivity index (χ1n) is 5.61. The van der Waals surface area contributed by atoms with Gasteiger partial charge in [0.05, 0.1) is 16.0 Å². The van der Waals surface area contributed by atoms with Crippen molar-refractivity contribution in [2.45, 2.75) is 38.8 Å². The minimum atomic E-state index is -0.190. The van der Waals surface area contributed by atoms with E-state index in [9.17, 15) is 0 Å². The Labute approximate surface area is 107 Å². The third kappa shape index (κ3) is 2.98. The van der Waals surface area contributed by atoms with Crippen LogP contribution in [0.25, 0.3) is 0 Å². The SMILES string of the molecule is CCNC(c1ccc(Cl)s1)C(C)(CC)OC. The summed E-state index contributed by atoms with van der Waals surface area (Å²) < 4.78 is 6.49. The average molecular weight is 262 g/mol. The van der Waals surface area contributed by atoms with Crippen molar-refractivity contribution in [3.63, 3.8) is 0 Å². The fourth-order valence-electron chi connectivity index (χ4n) is 1.77. The second-order valence-corrected chi connectivity index (χ2v) is 5.75. The van der Waals surface area contributed by atoms with Gasteiger partial charge >= 0.3 is 0 Å². The maximum atomic E-state index is 5.99. The Morgan fingerprint density at radius 2 is 2.19 bits per heavy atom. The molecule has 1 heterocycles. The second kappa shape index (κ2) is 6.01. The van der Waals surface area contributed by atoms with Gasteiger partial charge in [0.2, 0.25) is 0 Å². The smallest absolute Gasteiger partial charge is 0.0931 e. The number of thiophene rings is 1. The van der Waals surface area contributed by atoms with Crippen molar-refractivity contribution in [1.82, 2.24) is 5.32 Å². The fraction of sp³-hybridized carbons (Fsp3) is 0.667. The van der Waals surface area contributed by atoms with E-state index in [2.05, 4.69) is 32.2 Å². The van der Waals surface area contributed by atoms with Crippen LogP contribution in [0, 0.1) is 0 Å². The summed E-state index contributed by atoms with van der Waals surface area (Å²) in [6, 6.07) is 4.22. The monoisotopic (exact) mass is 261 g/mol. The molecule has 1 rings (SSSR count). The Bertz CT molecular complexity index is 323. The number of nitrogens with one attached hydrogen (secondary N) is 1. The molecule has 0 spiro atoms. The zero-order valence-corrected chi connectivity index (χ0v) is 11.9. The highest BCUT2D eigenvalue weighted by atomic mass is 35.5. The standard InChI is InChI=1S/C12H20ClNOS/c1-5-12(3,15-4)11(14-6-2)9-7-8-10(13)16-9/h7-8,11,14H,5-6H2,1-4H3. The summed E-state index contributed by atoms with van der Waals surface area (Å²) in [6.45, 7) is 7.30. The Kier molecular flexibility index (Phi) is 5.25. The molecule has 4 heteroatoms. The molecule has 1 aromatic heterocycles. The first-order chi connectivity index (χ1) is 7.57. The van der Waals surface area contributed by atoms with Gasteiger partial charge < -0.3 is 10.1 Å². The van der Waals surface area contributed by atoms with Crippen molar-refractivity contribution in [2.24, 2.45) is 0 Å². The highest BCUT2D eigenvalue weighted by molar-refractivity contribution is 7.16. The van der Waals surface area contributed by atoms with Crippen LogP contribution in [0.4, 0.5) is 0 Å². The summed E-state index contributed by atoms with van der Waals surface area (Å²) in [4.78, 5) is 1.23. The predicted octanol–water partition coefficient (Wildman–Crippen LogP) is 3.87. The molecule has 0 radical (unpaired) electrons. The maximum Gasteiger partial charge on any atom is 0.0931 e. The molecule has 0 bridgehead atoms. The minimum absolute atomic E-state index is 0.190. The van der Waals surface area contributed by atoms with E-state index in [1.54, 1.807) is 18.4 Å². The molecule has 0 aliphatic rings. The third-order valence-electron chi connectivity index (χ3n) is 3.07. The molecule has 0 aromatic carbocycles. The second-order valence-electron chi connectivity index (χ2n) is 4.00. The molecular weight excluding hydrogens is 242 g/mol. The quantitative estimate of drug-likeness (QED) is 0.840. The molecule has 2 nitrogen and oxygen atoms in total. The lowest BCUT2D eigenvalue weighted by Crippen LogP contribution is -2.42. The topological polar surface area (TPSA) is 21.3 Å². The molecule has 0 aliphatic heterocycles. The van der Waals surface area contributed by atoms with E-state index in [0.29, 0.717) is 0 Å².